The van der Waals surface area contributed by atoms with Crippen molar-refractivity contribution in [3.63, 3.8) is 0 Å². The van der Waals surface area contributed by atoms with Crippen molar-refractivity contribution in [1.82, 2.24) is 4.98 Å². The lowest BCUT2D eigenvalue weighted by atomic mass is 10.2. The van der Waals surface area contributed by atoms with Gasteiger partial charge in [-0.05, 0) is 29.8 Å². The monoisotopic (exact) mass is 310 g/mol. The van der Waals surface area contributed by atoms with Crippen molar-refractivity contribution in [2.45, 2.75) is 6.61 Å². The molecule has 0 saturated carbocycles. The van der Waals surface area contributed by atoms with E-state index in [1.807, 2.05) is 35.7 Å². The predicted octanol–water partition coefficient (Wildman–Crippen LogP) is 3.97. The van der Waals surface area contributed by atoms with Gasteiger partial charge in [0.1, 0.15) is 12.4 Å². The summed E-state index contributed by atoms with van der Waals surface area (Å²) >= 11 is 1.39. The molecule has 0 aliphatic heterocycles. The number of hydrogen-bond acceptors (Lipinski definition) is 4. The first kappa shape index (κ1) is 14.3. The van der Waals surface area contributed by atoms with Crippen LogP contribution in [0.3, 0.4) is 0 Å². The molecule has 0 atom stereocenters. The minimum absolute atomic E-state index is 0.176. The average molecular weight is 310 g/mol. The van der Waals surface area contributed by atoms with Crippen molar-refractivity contribution < 1.29 is 9.53 Å². The van der Waals surface area contributed by atoms with E-state index in [0.717, 1.165) is 11.3 Å². The summed E-state index contributed by atoms with van der Waals surface area (Å²) in [5.74, 6) is 0.555. The first-order valence-electron chi connectivity index (χ1n) is 6.79. The number of amides is 1. The van der Waals surface area contributed by atoms with Gasteiger partial charge in [-0.25, -0.2) is 4.98 Å². The Morgan fingerprint density at radius 3 is 2.55 bits per heavy atom. The van der Waals surface area contributed by atoms with Crippen LogP contribution in [0.1, 0.15) is 15.9 Å². The maximum absolute atomic E-state index is 12.0. The van der Waals surface area contributed by atoms with Crippen LogP contribution >= 0.6 is 11.3 Å². The highest BCUT2D eigenvalue weighted by Crippen LogP contribution is 2.16. The molecular formula is C17H14N2O2S. The van der Waals surface area contributed by atoms with Gasteiger partial charge in [-0.1, -0.05) is 30.3 Å². The van der Waals surface area contributed by atoms with E-state index < -0.39 is 0 Å². The zero-order valence-corrected chi connectivity index (χ0v) is 12.5. The molecule has 5 heteroatoms. The summed E-state index contributed by atoms with van der Waals surface area (Å²) in [4.78, 5) is 16.0. The number of rotatable bonds is 5. The third kappa shape index (κ3) is 3.71. The largest absolute Gasteiger partial charge is 0.489 e. The number of nitrogens with one attached hydrogen (secondary N) is 1. The molecule has 0 fully saturated rings. The zero-order chi connectivity index (χ0) is 15.2. The summed E-state index contributed by atoms with van der Waals surface area (Å²) in [6.07, 6.45) is 1.65. The van der Waals surface area contributed by atoms with Gasteiger partial charge >= 0.3 is 0 Å². The third-order valence-corrected chi connectivity index (χ3v) is 3.71. The molecule has 0 bridgehead atoms. The van der Waals surface area contributed by atoms with Crippen molar-refractivity contribution in [2.24, 2.45) is 0 Å². The van der Waals surface area contributed by atoms with Crippen molar-refractivity contribution in [3.05, 3.63) is 77.3 Å². The fraction of sp³-hybridized carbons (Fsp3) is 0.0588. The molecule has 0 aliphatic carbocycles. The Bertz CT molecular complexity index is 725. The predicted molar refractivity (Wildman–Crippen MR) is 87.3 cm³/mol. The summed E-state index contributed by atoms with van der Waals surface area (Å²) in [5, 5.41) is 5.15. The molecule has 2 aromatic carbocycles. The van der Waals surface area contributed by atoms with E-state index in [0.29, 0.717) is 17.3 Å². The van der Waals surface area contributed by atoms with Crippen molar-refractivity contribution in [1.29, 1.82) is 0 Å². The van der Waals surface area contributed by atoms with Crippen molar-refractivity contribution >= 4 is 22.4 Å². The van der Waals surface area contributed by atoms with Crippen molar-refractivity contribution in [2.75, 3.05) is 5.32 Å². The number of nitrogens with zero attached hydrogens (tertiary/aromatic N) is 1. The van der Waals surface area contributed by atoms with E-state index in [1.54, 1.807) is 30.5 Å². The van der Waals surface area contributed by atoms with Crippen LogP contribution in [0.5, 0.6) is 5.75 Å². The second-order valence-corrected chi connectivity index (χ2v) is 5.48. The fourth-order valence-electron chi connectivity index (χ4n) is 1.90. The topological polar surface area (TPSA) is 51.2 Å². The molecule has 110 valence electrons. The molecule has 1 N–H and O–H groups in total. The second kappa shape index (κ2) is 6.87. The molecule has 0 spiro atoms. The normalized spacial score (nSPS) is 10.2. The van der Waals surface area contributed by atoms with Gasteiger partial charge in [0.2, 0.25) is 0 Å². The second-order valence-electron chi connectivity index (χ2n) is 4.59. The van der Waals surface area contributed by atoms with Crippen LogP contribution < -0.4 is 10.1 Å². The van der Waals surface area contributed by atoms with E-state index in [2.05, 4.69) is 10.3 Å². The standard InChI is InChI=1S/C17H14N2O2S/c20-16(19-17-18-10-11-22-17)14-6-8-15(9-7-14)21-12-13-4-2-1-3-5-13/h1-11H,12H2,(H,18,19,20). The van der Waals surface area contributed by atoms with Gasteiger partial charge in [-0.15, -0.1) is 11.3 Å². The molecule has 1 aromatic heterocycles. The van der Waals surface area contributed by atoms with Crippen LogP contribution in [0.15, 0.2) is 66.2 Å². The Morgan fingerprint density at radius 2 is 1.86 bits per heavy atom. The van der Waals surface area contributed by atoms with Crippen LogP contribution in [0.4, 0.5) is 5.13 Å². The smallest absolute Gasteiger partial charge is 0.257 e. The summed E-state index contributed by atoms with van der Waals surface area (Å²) < 4.78 is 5.69. The van der Waals surface area contributed by atoms with E-state index in [9.17, 15) is 4.79 Å². The van der Waals surface area contributed by atoms with Gasteiger partial charge < -0.3 is 4.74 Å². The minimum atomic E-state index is -0.176. The molecular weight excluding hydrogens is 296 g/mol. The molecule has 0 aliphatic rings. The highest BCUT2D eigenvalue weighted by atomic mass is 32.1. The number of aromatic nitrogens is 1. The number of thiazole rings is 1. The summed E-state index contributed by atoms with van der Waals surface area (Å²) in [7, 11) is 0. The molecule has 3 aromatic rings. The van der Waals surface area contributed by atoms with E-state index in [-0.39, 0.29) is 5.91 Å². The number of ether oxygens (including phenoxy) is 1. The number of benzene rings is 2. The van der Waals surface area contributed by atoms with Crippen LogP contribution in [-0.2, 0) is 6.61 Å². The van der Waals surface area contributed by atoms with Crippen LogP contribution in [0.25, 0.3) is 0 Å². The van der Waals surface area contributed by atoms with Gasteiger partial charge in [0.05, 0.1) is 0 Å². The van der Waals surface area contributed by atoms with E-state index >= 15 is 0 Å². The molecule has 0 saturated heterocycles. The van der Waals surface area contributed by atoms with Crippen LogP contribution in [0, 0.1) is 0 Å². The van der Waals surface area contributed by atoms with Gasteiger partial charge in [0.15, 0.2) is 5.13 Å². The molecule has 1 amide bonds. The Kier molecular flexibility index (Phi) is 4.46. The van der Waals surface area contributed by atoms with Crippen LogP contribution in [-0.4, -0.2) is 10.9 Å². The fourth-order valence-corrected chi connectivity index (χ4v) is 2.42. The average Bonchev–Trinajstić information content (AvgIpc) is 3.07. The minimum Gasteiger partial charge on any atom is -0.489 e. The summed E-state index contributed by atoms with van der Waals surface area (Å²) in [6, 6.07) is 17.0. The molecule has 0 radical (unpaired) electrons. The number of carbonyl (C=O) groups excluding carboxylic acids is 1. The first-order valence-corrected chi connectivity index (χ1v) is 7.67. The van der Waals surface area contributed by atoms with Gasteiger partial charge in [-0.2, -0.15) is 0 Å². The van der Waals surface area contributed by atoms with Gasteiger partial charge in [0, 0.05) is 17.1 Å². The molecule has 4 nitrogen and oxygen atoms in total. The highest BCUT2D eigenvalue weighted by molar-refractivity contribution is 7.13. The van der Waals surface area contributed by atoms with Crippen molar-refractivity contribution in [3.8, 4) is 5.75 Å². The van der Waals surface area contributed by atoms with E-state index in [4.69, 9.17) is 4.74 Å². The number of hydrogen-bond donors (Lipinski definition) is 1. The first-order chi connectivity index (χ1) is 10.8. The molecule has 1 heterocycles. The van der Waals surface area contributed by atoms with E-state index in [1.165, 1.54) is 11.3 Å². The SMILES string of the molecule is O=C(Nc1nccs1)c1ccc(OCc2ccccc2)cc1. The summed E-state index contributed by atoms with van der Waals surface area (Å²) in [6.45, 7) is 0.505. The molecule has 0 unspecified atom stereocenters. The van der Waals surface area contributed by atoms with Crippen LogP contribution in [0.2, 0.25) is 0 Å². The maximum atomic E-state index is 12.0. The molecule has 3 rings (SSSR count). The quantitative estimate of drug-likeness (QED) is 0.775. The Morgan fingerprint density at radius 1 is 1.09 bits per heavy atom. The summed E-state index contributed by atoms with van der Waals surface area (Å²) in [5.41, 5.74) is 1.68. The van der Waals surface area contributed by atoms with Gasteiger partial charge in [-0.3, -0.25) is 10.1 Å². The Hall–Kier alpha value is -2.66. The molecule has 22 heavy (non-hydrogen) atoms. The lowest BCUT2D eigenvalue weighted by Gasteiger charge is -2.07. The Labute approximate surface area is 132 Å². The number of carbonyl (C=O) groups is 1. The Balaban J connectivity index is 1.59. The lowest BCUT2D eigenvalue weighted by molar-refractivity contribution is 0.102. The maximum Gasteiger partial charge on any atom is 0.257 e. The zero-order valence-electron chi connectivity index (χ0n) is 11.7. The lowest BCUT2D eigenvalue weighted by Crippen LogP contribution is -2.11. The number of anilines is 1. The third-order valence-electron chi connectivity index (χ3n) is 3.02. The highest BCUT2D eigenvalue weighted by Gasteiger charge is 2.07. The van der Waals surface area contributed by atoms with Gasteiger partial charge in [0.25, 0.3) is 5.91 Å².